The fraction of sp³-hybridized carbons (Fsp3) is 0.250. The molecule has 1 heterocycles. The van der Waals surface area contributed by atoms with Gasteiger partial charge in [0.15, 0.2) is 0 Å². The SMILES string of the molecule is O=C(O)c1cc(C(F)F)nc(F)c1CCl. The molecule has 0 fully saturated rings. The first kappa shape index (κ1) is 11.8. The minimum absolute atomic E-state index is 0.395. The summed E-state index contributed by atoms with van der Waals surface area (Å²) in [5.41, 5.74) is -1.90. The highest BCUT2D eigenvalue weighted by molar-refractivity contribution is 6.17. The van der Waals surface area contributed by atoms with E-state index in [1.807, 2.05) is 0 Å². The highest BCUT2D eigenvalue weighted by Gasteiger charge is 2.20. The second-order valence-electron chi connectivity index (χ2n) is 2.60. The summed E-state index contributed by atoms with van der Waals surface area (Å²) >= 11 is 5.28. The lowest BCUT2D eigenvalue weighted by Gasteiger charge is -2.06. The van der Waals surface area contributed by atoms with Crippen LogP contribution in [-0.2, 0) is 5.88 Å². The van der Waals surface area contributed by atoms with E-state index in [1.165, 1.54) is 0 Å². The Bertz CT molecular complexity index is 398. The zero-order valence-electron chi connectivity index (χ0n) is 7.18. The van der Waals surface area contributed by atoms with E-state index in [4.69, 9.17) is 16.7 Å². The number of alkyl halides is 3. The van der Waals surface area contributed by atoms with Gasteiger partial charge in [0.2, 0.25) is 5.95 Å². The molecule has 0 aliphatic carbocycles. The van der Waals surface area contributed by atoms with Crippen molar-refractivity contribution >= 4 is 17.6 Å². The summed E-state index contributed by atoms with van der Waals surface area (Å²) in [6.07, 6.45) is -3.03. The molecule has 0 aliphatic rings. The van der Waals surface area contributed by atoms with Crippen molar-refractivity contribution in [2.24, 2.45) is 0 Å². The molecule has 0 unspecified atom stereocenters. The predicted octanol–water partition coefficient (Wildman–Crippen LogP) is 2.60. The quantitative estimate of drug-likeness (QED) is 0.652. The van der Waals surface area contributed by atoms with Gasteiger partial charge in [-0.2, -0.15) is 4.39 Å². The summed E-state index contributed by atoms with van der Waals surface area (Å²) < 4.78 is 37.4. The molecule has 0 aromatic carbocycles. The van der Waals surface area contributed by atoms with Crippen molar-refractivity contribution in [1.29, 1.82) is 0 Å². The third-order valence-corrected chi connectivity index (χ3v) is 1.95. The van der Waals surface area contributed by atoms with Crippen LogP contribution in [0.15, 0.2) is 6.07 Å². The lowest BCUT2D eigenvalue weighted by Crippen LogP contribution is -2.08. The van der Waals surface area contributed by atoms with Gasteiger partial charge >= 0.3 is 5.97 Å². The minimum Gasteiger partial charge on any atom is -0.478 e. The van der Waals surface area contributed by atoms with Gasteiger partial charge in [0.25, 0.3) is 6.43 Å². The number of aromatic carboxylic acids is 1. The van der Waals surface area contributed by atoms with E-state index in [9.17, 15) is 18.0 Å². The van der Waals surface area contributed by atoms with Crippen LogP contribution in [0.1, 0.15) is 28.0 Å². The van der Waals surface area contributed by atoms with Gasteiger partial charge in [-0.25, -0.2) is 18.6 Å². The minimum atomic E-state index is -3.03. The van der Waals surface area contributed by atoms with Gasteiger partial charge in [-0.15, -0.1) is 11.6 Å². The molecule has 1 rings (SSSR count). The molecule has 15 heavy (non-hydrogen) atoms. The number of hydrogen-bond donors (Lipinski definition) is 1. The Kier molecular flexibility index (Phi) is 3.52. The highest BCUT2D eigenvalue weighted by Crippen LogP contribution is 2.22. The second kappa shape index (κ2) is 4.48. The molecule has 0 amide bonds. The summed E-state index contributed by atoms with van der Waals surface area (Å²) in [4.78, 5) is 13.5. The number of carboxylic acids is 1. The second-order valence-corrected chi connectivity index (χ2v) is 2.87. The van der Waals surface area contributed by atoms with Crippen LogP contribution in [0.5, 0.6) is 0 Å². The molecule has 0 spiro atoms. The van der Waals surface area contributed by atoms with Crippen LogP contribution in [0.3, 0.4) is 0 Å². The van der Waals surface area contributed by atoms with Crippen molar-refractivity contribution in [3.8, 4) is 0 Å². The first-order valence-electron chi connectivity index (χ1n) is 3.74. The largest absolute Gasteiger partial charge is 0.478 e. The molecule has 0 saturated heterocycles. The van der Waals surface area contributed by atoms with Gasteiger partial charge in [-0.3, -0.25) is 0 Å². The first-order chi connectivity index (χ1) is 6.97. The lowest BCUT2D eigenvalue weighted by molar-refractivity contribution is 0.0694. The third kappa shape index (κ3) is 2.38. The predicted molar refractivity (Wildman–Crippen MR) is 45.7 cm³/mol. The normalized spacial score (nSPS) is 10.7. The third-order valence-electron chi connectivity index (χ3n) is 1.68. The summed E-state index contributed by atoms with van der Waals surface area (Å²) in [6, 6.07) is 0.619. The zero-order valence-corrected chi connectivity index (χ0v) is 7.93. The smallest absolute Gasteiger partial charge is 0.336 e. The van der Waals surface area contributed by atoms with E-state index >= 15 is 0 Å². The first-order valence-corrected chi connectivity index (χ1v) is 4.27. The molecule has 1 aromatic rings. The number of hydrogen-bond acceptors (Lipinski definition) is 2. The standard InChI is InChI=1S/C8H5ClF3NO2/c9-2-4-3(8(14)15)1-5(6(10)11)13-7(4)12/h1,6H,2H2,(H,14,15). The summed E-state index contributed by atoms with van der Waals surface area (Å²) in [5, 5.41) is 8.63. The van der Waals surface area contributed by atoms with Crippen LogP contribution in [-0.4, -0.2) is 16.1 Å². The highest BCUT2D eigenvalue weighted by atomic mass is 35.5. The Labute approximate surface area is 87.5 Å². The molecule has 7 heteroatoms. The number of nitrogens with zero attached hydrogens (tertiary/aromatic N) is 1. The van der Waals surface area contributed by atoms with Crippen LogP contribution in [0.25, 0.3) is 0 Å². The summed E-state index contributed by atoms with van der Waals surface area (Å²) in [7, 11) is 0. The van der Waals surface area contributed by atoms with Crippen LogP contribution in [0, 0.1) is 5.95 Å². The topological polar surface area (TPSA) is 50.2 Å². The van der Waals surface area contributed by atoms with E-state index in [0.29, 0.717) is 6.07 Å². The molecule has 82 valence electrons. The monoisotopic (exact) mass is 239 g/mol. The summed E-state index contributed by atoms with van der Waals surface area (Å²) in [5.74, 6) is -3.24. The van der Waals surface area contributed by atoms with Crippen LogP contribution < -0.4 is 0 Å². The number of aromatic nitrogens is 1. The molecule has 1 aromatic heterocycles. The maximum absolute atomic E-state index is 13.0. The number of halogens is 4. The van der Waals surface area contributed by atoms with Crippen molar-refractivity contribution in [3.05, 3.63) is 28.8 Å². The maximum Gasteiger partial charge on any atom is 0.336 e. The van der Waals surface area contributed by atoms with Gasteiger partial charge in [-0.05, 0) is 6.07 Å². The number of rotatable bonds is 3. The van der Waals surface area contributed by atoms with Crippen molar-refractivity contribution < 1.29 is 23.1 Å². The van der Waals surface area contributed by atoms with Crippen molar-refractivity contribution in [3.63, 3.8) is 0 Å². The molecule has 0 atom stereocenters. The van der Waals surface area contributed by atoms with Crippen LogP contribution in [0.4, 0.5) is 13.2 Å². The molecular weight excluding hydrogens is 235 g/mol. The maximum atomic E-state index is 13.0. The van der Waals surface area contributed by atoms with Gasteiger partial charge in [0, 0.05) is 5.56 Å². The Hall–Kier alpha value is -1.30. The average Bonchev–Trinajstić information content (AvgIpc) is 2.16. The molecule has 0 bridgehead atoms. The van der Waals surface area contributed by atoms with E-state index in [-0.39, 0.29) is 0 Å². The molecule has 0 saturated carbocycles. The fourth-order valence-electron chi connectivity index (χ4n) is 0.989. The lowest BCUT2D eigenvalue weighted by atomic mass is 10.1. The molecule has 0 aliphatic heterocycles. The Morgan fingerprint density at radius 3 is 2.60 bits per heavy atom. The van der Waals surface area contributed by atoms with Gasteiger partial charge < -0.3 is 5.11 Å². The van der Waals surface area contributed by atoms with Crippen molar-refractivity contribution in [2.75, 3.05) is 0 Å². The Balaban J connectivity index is 3.38. The number of pyridine rings is 1. The zero-order chi connectivity index (χ0) is 11.6. The fourth-order valence-corrected chi connectivity index (χ4v) is 1.24. The van der Waals surface area contributed by atoms with Gasteiger partial charge in [-0.1, -0.05) is 0 Å². The van der Waals surface area contributed by atoms with Crippen LogP contribution in [0.2, 0.25) is 0 Å². The average molecular weight is 240 g/mol. The molecular formula is C8H5ClF3NO2. The Morgan fingerprint density at radius 2 is 2.20 bits per heavy atom. The van der Waals surface area contributed by atoms with Crippen molar-refractivity contribution in [1.82, 2.24) is 4.98 Å². The Morgan fingerprint density at radius 1 is 1.60 bits per heavy atom. The van der Waals surface area contributed by atoms with E-state index in [2.05, 4.69) is 4.98 Å². The molecule has 0 radical (unpaired) electrons. The molecule has 3 nitrogen and oxygen atoms in total. The van der Waals surface area contributed by atoms with Crippen molar-refractivity contribution in [2.45, 2.75) is 12.3 Å². The van der Waals surface area contributed by atoms with E-state index in [0.717, 1.165) is 0 Å². The number of carboxylic acid groups (broad SMARTS) is 1. The van der Waals surface area contributed by atoms with E-state index in [1.54, 1.807) is 0 Å². The van der Waals surface area contributed by atoms with Gasteiger partial charge in [0.05, 0.1) is 11.4 Å². The van der Waals surface area contributed by atoms with Crippen LogP contribution >= 0.6 is 11.6 Å². The van der Waals surface area contributed by atoms with Gasteiger partial charge in [0.1, 0.15) is 5.69 Å². The summed E-state index contributed by atoms with van der Waals surface area (Å²) in [6.45, 7) is 0. The van der Waals surface area contributed by atoms with E-state index < -0.39 is 41.0 Å². The molecule has 1 N–H and O–H groups in total. The number of carbonyl (C=O) groups is 1.